The molecule has 3 aliphatic rings. The number of amides is 1. The molecule has 1 N–H and O–H groups in total. The molecule has 5 nitrogen and oxygen atoms in total. The Balaban J connectivity index is 1.32. The van der Waals surface area contributed by atoms with Crippen molar-refractivity contribution >= 4 is 39.1 Å². The van der Waals surface area contributed by atoms with E-state index in [0.29, 0.717) is 53.5 Å². The molecular weight excluding hydrogens is 419 g/mol. The zero-order valence-electron chi connectivity index (χ0n) is 15.7. The molecule has 0 spiro atoms. The van der Waals surface area contributed by atoms with Crippen LogP contribution in [0.15, 0.2) is 18.2 Å². The van der Waals surface area contributed by atoms with Crippen LogP contribution in [0.2, 0.25) is 10.0 Å². The fourth-order valence-corrected chi connectivity index (χ4v) is 7.38. The van der Waals surface area contributed by atoms with Crippen molar-refractivity contribution in [1.82, 2.24) is 9.62 Å². The highest BCUT2D eigenvalue weighted by atomic mass is 35.5. The Morgan fingerprint density at radius 3 is 2.32 bits per heavy atom. The van der Waals surface area contributed by atoms with Crippen LogP contribution in [0.1, 0.15) is 44.1 Å². The van der Waals surface area contributed by atoms with Crippen molar-refractivity contribution in [3.05, 3.63) is 33.8 Å². The number of sulfonamides is 1. The Labute approximate surface area is 176 Å². The number of nitrogens with one attached hydrogen (secondary N) is 1. The lowest BCUT2D eigenvalue weighted by atomic mass is 9.93. The SMILES string of the molecule is O=C(NC1CC2CCC1C2)C1CCN(S(=O)(=O)Cc2c(Cl)cccc2Cl)CC1. The standard InChI is InChI=1S/C20H26Cl2N2O3S/c21-17-2-1-3-18(22)16(17)12-28(26,27)24-8-6-14(7-9-24)20(25)23-19-11-13-4-5-15(19)10-13/h1-3,13-15,19H,4-12H2,(H,23,25). The summed E-state index contributed by atoms with van der Waals surface area (Å²) in [5.74, 6) is 1.22. The number of benzene rings is 1. The molecule has 1 aromatic carbocycles. The van der Waals surface area contributed by atoms with Crippen LogP contribution in [0.5, 0.6) is 0 Å². The molecule has 154 valence electrons. The van der Waals surface area contributed by atoms with Gasteiger partial charge in [-0.15, -0.1) is 0 Å². The largest absolute Gasteiger partial charge is 0.353 e. The van der Waals surface area contributed by atoms with E-state index in [4.69, 9.17) is 23.2 Å². The third-order valence-electron chi connectivity index (χ3n) is 6.67. The van der Waals surface area contributed by atoms with Crippen LogP contribution < -0.4 is 5.32 Å². The van der Waals surface area contributed by atoms with Crippen molar-refractivity contribution in [2.24, 2.45) is 17.8 Å². The van der Waals surface area contributed by atoms with E-state index in [1.54, 1.807) is 18.2 Å². The van der Waals surface area contributed by atoms with Crippen molar-refractivity contribution in [1.29, 1.82) is 0 Å². The van der Waals surface area contributed by atoms with Gasteiger partial charge in [-0.2, -0.15) is 0 Å². The molecule has 28 heavy (non-hydrogen) atoms. The number of carbonyl (C=O) groups is 1. The summed E-state index contributed by atoms with van der Waals surface area (Å²) in [7, 11) is -3.53. The second-order valence-electron chi connectivity index (χ2n) is 8.42. The number of carbonyl (C=O) groups excluding carboxylic acids is 1. The maximum absolute atomic E-state index is 12.8. The minimum Gasteiger partial charge on any atom is -0.353 e. The Morgan fingerprint density at radius 1 is 1.07 bits per heavy atom. The van der Waals surface area contributed by atoms with E-state index >= 15 is 0 Å². The lowest BCUT2D eigenvalue weighted by Gasteiger charge is -2.32. The Hall–Kier alpha value is -0.820. The zero-order valence-corrected chi connectivity index (χ0v) is 18.1. The van der Waals surface area contributed by atoms with Crippen LogP contribution in [-0.4, -0.2) is 37.8 Å². The average Bonchev–Trinajstić information content (AvgIpc) is 3.28. The quantitative estimate of drug-likeness (QED) is 0.749. The van der Waals surface area contributed by atoms with Gasteiger partial charge < -0.3 is 5.32 Å². The highest BCUT2D eigenvalue weighted by molar-refractivity contribution is 7.88. The number of piperidine rings is 1. The van der Waals surface area contributed by atoms with Crippen molar-refractivity contribution in [2.45, 2.75) is 50.3 Å². The molecule has 1 aliphatic heterocycles. The predicted octanol–water partition coefficient (Wildman–Crippen LogP) is 3.84. The number of hydrogen-bond acceptors (Lipinski definition) is 3. The average molecular weight is 445 g/mol. The number of nitrogens with zero attached hydrogens (tertiary/aromatic N) is 1. The molecule has 8 heteroatoms. The van der Waals surface area contributed by atoms with Crippen molar-refractivity contribution in [2.75, 3.05) is 13.1 Å². The first-order chi connectivity index (χ1) is 13.3. The van der Waals surface area contributed by atoms with E-state index in [0.717, 1.165) is 12.3 Å². The lowest BCUT2D eigenvalue weighted by Crippen LogP contribution is -2.46. The van der Waals surface area contributed by atoms with Crippen LogP contribution in [-0.2, 0) is 20.6 Å². The first kappa shape index (κ1) is 20.5. The number of hydrogen-bond donors (Lipinski definition) is 1. The van der Waals surface area contributed by atoms with Crippen molar-refractivity contribution in [3.8, 4) is 0 Å². The molecule has 1 saturated heterocycles. The first-order valence-corrected chi connectivity index (χ1v) is 12.4. The summed E-state index contributed by atoms with van der Waals surface area (Å²) in [6.45, 7) is 0.721. The summed E-state index contributed by atoms with van der Waals surface area (Å²) in [5.41, 5.74) is 0.432. The van der Waals surface area contributed by atoms with E-state index in [1.807, 2.05) is 0 Å². The lowest BCUT2D eigenvalue weighted by molar-refractivity contribution is -0.127. The second kappa shape index (κ2) is 8.13. The van der Waals surface area contributed by atoms with E-state index in [-0.39, 0.29) is 17.6 Å². The summed E-state index contributed by atoms with van der Waals surface area (Å²) in [6, 6.07) is 5.31. The molecule has 1 amide bonds. The van der Waals surface area contributed by atoms with Gasteiger partial charge in [0.15, 0.2) is 0 Å². The summed E-state index contributed by atoms with van der Waals surface area (Å²) >= 11 is 12.3. The van der Waals surface area contributed by atoms with Crippen LogP contribution in [0.25, 0.3) is 0 Å². The van der Waals surface area contributed by atoms with Crippen molar-refractivity contribution in [3.63, 3.8) is 0 Å². The van der Waals surface area contributed by atoms with Gasteiger partial charge in [0, 0.05) is 40.7 Å². The van der Waals surface area contributed by atoms with Gasteiger partial charge in [-0.1, -0.05) is 35.7 Å². The predicted molar refractivity (Wildman–Crippen MR) is 111 cm³/mol. The summed E-state index contributed by atoms with van der Waals surface area (Å²) in [4.78, 5) is 12.7. The Kier molecular flexibility index (Phi) is 5.94. The minimum absolute atomic E-state index is 0.101. The molecule has 2 bridgehead atoms. The summed E-state index contributed by atoms with van der Waals surface area (Å²) in [5, 5.41) is 3.96. The maximum atomic E-state index is 12.8. The van der Waals surface area contributed by atoms with Gasteiger partial charge in [0.25, 0.3) is 0 Å². The van der Waals surface area contributed by atoms with Crippen LogP contribution in [0.4, 0.5) is 0 Å². The van der Waals surface area contributed by atoms with Gasteiger partial charge >= 0.3 is 0 Å². The number of fused-ring (bicyclic) bond motifs is 2. The molecule has 2 aliphatic carbocycles. The Bertz CT molecular complexity index is 833. The zero-order chi connectivity index (χ0) is 19.9. The first-order valence-electron chi connectivity index (χ1n) is 10.0. The third-order valence-corrected chi connectivity index (χ3v) is 9.19. The fourth-order valence-electron chi connectivity index (χ4n) is 5.06. The Morgan fingerprint density at radius 2 is 1.75 bits per heavy atom. The molecule has 1 aromatic rings. The van der Waals surface area contributed by atoms with Gasteiger partial charge in [-0.25, -0.2) is 12.7 Å². The van der Waals surface area contributed by atoms with Gasteiger partial charge in [-0.3, -0.25) is 4.79 Å². The molecule has 2 saturated carbocycles. The third kappa shape index (κ3) is 4.20. The summed E-state index contributed by atoms with van der Waals surface area (Å²) < 4.78 is 27.1. The highest BCUT2D eigenvalue weighted by Crippen LogP contribution is 2.44. The van der Waals surface area contributed by atoms with E-state index in [2.05, 4.69) is 5.32 Å². The molecule has 3 unspecified atom stereocenters. The molecule has 3 fully saturated rings. The van der Waals surface area contributed by atoms with E-state index in [1.165, 1.54) is 23.6 Å². The molecule has 0 aromatic heterocycles. The van der Waals surface area contributed by atoms with Crippen LogP contribution in [0, 0.1) is 17.8 Å². The van der Waals surface area contributed by atoms with Gasteiger partial charge in [0.1, 0.15) is 0 Å². The second-order valence-corrected chi connectivity index (χ2v) is 11.2. The minimum atomic E-state index is -3.53. The molecule has 0 radical (unpaired) electrons. The molecule has 4 rings (SSSR count). The molecular formula is C20H26Cl2N2O3S. The fraction of sp³-hybridized carbons (Fsp3) is 0.650. The number of halogens is 2. The van der Waals surface area contributed by atoms with Gasteiger partial charge in [0.05, 0.1) is 5.75 Å². The van der Waals surface area contributed by atoms with E-state index in [9.17, 15) is 13.2 Å². The topological polar surface area (TPSA) is 66.5 Å². The van der Waals surface area contributed by atoms with Crippen LogP contribution in [0.3, 0.4) is 0 Å². The van der Waals surface area contributed by atoms with Crippen molar-refractivity contribution < 1.29 is 13.2 Å². The van der Waals surface area contributed by atoms with Crippen LogP contribution >= 0.6 is 23.2 Å². The normalized spacial score (nSPS) is 28.6. The molecule has 3 atom stereocenters. The van der Waals surface area contributed by atoms with E-state index < -0.39 is 10.0 Å². The van der Waals surface area contributed by atoms with Gasteiger partial charge in [0.2, 0.25) is 15.9 Å². The smallest absolute Gasteiger partial charge is 0.223 e. The maximum Gasteiger partial charge on any atom is 0.223 e. The molecule has 1 heterocycles. The number of rotatable bonds is 5. The highest BCUT2D eigenvalue weighted by Gasteiger charge is 2.41. The monoisotopic (exact) mass is 444 g/mol. The van der Waals surface area contributed by atoms with Gasteiger partial charge in [-0.05, 0) is 56.1 Å². The summed E-state index contributed by atoms with van der Waals surface area (Å²) in [6.07, 6.45) is 6.03.